The van der Waals surface area contributed by atoms with E-state index in [-0.39, 0.29) is 25.7 Å². The molecule has 3 heterocycles. The van der Waals surface area contributed by atoms with E-state index in [2.05, 4.69) is 20.3 Å². The SMILES string of the molecule is Cc1ncc(NC(=O)CN(C)c2nc(-c3cc(OCCO)ccn3)nc3c2CCC3)cn1. The maximum absolute atomic E-state index is 12.6. The molecule has 0 aliphatic heterocycles. The van der Waals surface area contributed by atoms with E-state index < -0.39 is 0 Å². The van der Waals surface area contributed by atoms with Crippen molar-refractivity contribution < 1.29 is 14.6 Å². The van der Waals surface area contributed by atoms with E-state index in [4.69, 9.17) is 19.8 Å². The highest BCUT2D eigenvalue weighted by Crippen LogP contribution is 2.31. The Labute approximate surface area is 185 Å². The largest absolute Gasteiger partial charge is 0.491 e. The van der Waals surface area contributed by atoms with Gasteiger partial charge in [-0.05, 0) is 32.3 Å². The van der Waals surface area contributed by atoms with Crippen LogP contribution in [0, 0.1) is 6.92 Å². The fraction of sp³-hybridized carbons (Fsp3) is 0.364. The van der Waals surface area contributed by atoms with Crippen molar-refractivity contribution in [2.45, 2.75) is 26.2 Å². The Bertz CT molecular complexity index is 1110. The summed E-state index contributed by atoms with van der Waals surface area (Å²) in [7, 11) is 1.84. The lowest BCUT2D eigenvalue weighted by Crippen LogP contribution is -2.31. The van der Waals surface area contributed by atoms with Crippen molar-refractivity contribution in [3.05, 3.63) is 47.8 Å². The molecule has 0 bridgehead atoms. The first-order chi connectivity index (χ1) is 15.5. The quantitative estimate of drug-likeness (QED) is 0.542. The number of rotatable bonds is 8. The van der Waals surface area contributed by atoms with Crippen molar-refractivity contribution in [1.29, 1.82) is 0 Å². The minimum atomic E-state index is -0.190. The van der Waals surface area contributed by atoms with Crippen LogP contribution in [0.25, 0.3) is 11.5 Å². The van der Waals surface area contributed by atoms with Crippen LogP contribution < -0.4 is 15.0 Å². The van der Waals surface area contributed by atoms with Gasteiger partial charge >= 0.3 is 0 Å². The Kier molecular flexibility index (Phi) is 6.50. The van der Waals surface area contributed by atoms with Crippen LogP contribution in [0.1, 0.15) is 23.5 Å². The van der Waals surface area contributed by atoms with Gasteiger partial charge in [-0.1, -0.05) is 0 Å². The second-order valence-electron chi connectivity index (χ2n) is 7.52. The molecule has 1 aliphatic rings. The first kappa shape index (κ1) is 21.6. The summed E-state index contributed by atoms with van der Waals surface area (Å²) >= 11 is 0. The van der Waals surface area contributed by atoms with E-state index in [1.54, 1.807) is 37.6 Å². The Balaban J connectivity index is 1.56. The molecule has 0 spiro atoms. The minimum absolute atomic E-state index is 0.0707. The number of aryl methyl sites for hydroxylation is 2. The number of carbonyl (C=O) groups is 1. The molecule has 10 nitrogen and oxygen atoms in total. The highest BCUT2D eigenvalue weighted by atomic mass is 16.5. The summed E-state index contributed by atoms with van der Waals surface area (Å²) in [6.07, 6.45) is 7.51. The Morgan fingerprint density at radius 1 is 1.22 bits per heavy atom. The maximum Gasteiger partial charge on any atom is 0.244 e. The van der Waals surface area contributed by atoms with E-state index in [1.165, 1.54) is 0 Å². The van der Waals surface area contributed by atoms with Gasteiger partial charge in [-0.3, -0.25) is 9.78 Å². The number of aromatic nitrogens is 5. The van der Waals surface area contributed by atoms with Crippen LogP contribution in [0.3, 0.4) is 0 Å². The lowest BCUT2D eigenvalue weighted by Gasteiger charge is -2.21. The van der Waals surface area contributed by atoms with Crippen LogP contribution in [0.2, 0.25) is 0 Å². The van der Waals surface area contributed by atoms with Gasteiger partial charge in [0, 0.05) is 30.6 Å². The van der Waals surface area contributed by atoms with Crippen molar-refractivity contribution in [2.24, 2.45) is 0 Å². The summed E-state index contributed by atoms with van der Waals surface area (Å²) in [5.74, 6) is 2.24. The zero-order valence-corrected chi connectivity index (χ0v) is 18.1. The van der Waals surface area contributed by atoms with Crippen LogP contribution >= 0.6 is 0 Å². The van der Waals surface area contributed by atoms with Crippen molar-refractivity contribution >= 4 is 17.4 Å². The third-order valence-electron chi connectivity index (χ3n) is 5.04. The summed E-state index contributed by atoms with van der Waals surface area (Å²) < 4.78 is 5.49. The average Bonchev–Trinajstić information content (AvgIpc) is 3.27. The number of hydrogen-bond acceptors (Lipinski definition) is 9. The molecule has 0 aromatic carbocycles. The molecule has 166 valence electrons. The highest BCUT2D eigenvalue weighted by Gasteiger charge is 2.23. The molecular weight excluding hydrogens is 410 g/mol. The number of carbonyl (C=O) groups excluding carboxylic acids is 1. The molecule has 0 saturated heterocycles. The summed E-state index contributed by atoms with van der Waals surface area (Å²) in [6, 6.07) is 3.47. The number of ether oxygens (including phenoxy) is 1. The zero-order valence-electron chi connectivity index (χ0n) is 18.1. The summed E-state index contributed by atoms with van der Waals surface area (Å²) in [4.78, 5) is 36.5. The number of amides is 1. The number of nitrogens with one attached hydrogen (secondary N) is 1. The zero-order chi connectivity index (χ0) is 22.5. The molecule has 1 aliphatic carbocycles. The minimum Gasteiger partial charge on any atom is -0.491 e. The number of pyridine rings is 1. The summed E-state index contributed by atoms with van der Waals surface area (Å²) in [5.41, 5.74) is 3.17. The van der Waals surface area contributed by atoms with E-state index in [1.807, 2.05) is 11.9 Å². The molecule has 0 fully saturated rings. The molecule has 10 heteroatoms. The molecule has 4 rings (SSSR count). The summed E-state index contributed by atoms with van der Waals surface area (Å²) in [5, 5.41) is 11.8. The molecule has 3 aromatic heterocycles. The first-order valence-electron chi connectivity index (χ1n) is 10.4. The predicted molar refractivity (Wildman–Crippen MR) is 119 cm³/mol. The van der Waals surface area contributed by atoms with Gasteiger partial charge in [-0.15, -0.1) is 0 Å². The Hall–Kier alpha value is -3.66. The first-order valence-corrected chi connectivity index (χ1v) is 10.4. The maximum atomic E-state index is 12.6. The van der Waals surface area contributed by atoms with Gasteiger partial charge in [0.15, 0.2) is 5.82 Å². The lowest BCUT2D eigenvalue weighted by atomic mass is 10.2. The molecule has 1 amide bonds. The van der Waals surface area contributed by atoms with Crippen LogP contribution in [-0.2, 0) is 17.6 Å². The predicted octanol–water partition coefficient (Wildman–Crippen LogP) is 1.57. The number of aliphatic hydroxyl groups is 1. The van der Waals surface area contributed by atoms with Gasteiger partial charge in [0.05, 0.1) is 31.2 Å². The van der Waals surface area contributed by atoms with E-state index >= 15 is 0 Å². The smallest absolute Gasteiger partial charge is 0.244 e. The van der Waals surface area contributed by atoms with Crippen molar-refractivity contribution in [2.75, 3.05) is 37.0 Å². The molecule has 0 atom stereocenters. The molecule has 0 radical (unpaired) electrons. The highest BCUT2D eigenvalue weighted by molar-refractivity contribution is 5.93. The molecule has 3 aromatic rings. The van der Waals surface area contributed by atoms with Gasteiger partial charge < -0.3 is 20.1 Å². The number of hydrogen-bond donors (Lipinski definition) is 2. The number of likely N-dealkylation sites (N-methyl/N-ethyl adjacent to an activating group) is 1. The number of anilines is 2. The Morgan fingerprint density at radius 3 is 2.81 bits per heavy atom. The van der Waals surface area contributed by atoms with Crippen molar-refractivity contribution in [3.8, 4) is 17.3 Å². The van der Waals surface area contributed by atoms with Crippen LogP contribution in [0.4, 0.5) is 11.5 Å². The number of aliphatic hydroxyl groups excluding tert-OH is 1. The molecular formula is C22H25N7O3. The normalized spacial score (nSPS) is 12.3. The standard InChI is InChI=1S/C22H25N7O3/c1-14-24-11-15(12-25-14)26-20(31)13-29(2)22-17-4-3-5-18(17)27-21(28-22)19-10-16(6-7-23-19)32-9-8-30/h6-7,10-12,30H,3-5,8-9,13H2,1-2H3,(H,26,31). The third-order valence-corrected chi connectivity index (χ3v) is 5.04. The molecule has 32 heavy (non-hydrogen) atoms. The number of nitrogens with zero attached hydrogens (tertiary/aromatic N) is 6. The molecule has 0 saturated carbocycles. The van der Waals surface area contributed by atoms with Gasteiger partial charge in [0.2, 0.25) is 5.91 Å². The fourth-order valence-corrected chi connectivity index (χ4v) is 3.58. The van der Waals surface area contributed by atoms with Crippen LogP contribution in [-0.4, -0.2) is 62.7 Å². The third kappa shape index (κ3) is 4.97. The topological polar surface area (TPSA) is 126 Å². The van der Waals surface area contributed by atoms with Crippen molar-refractivity contribution in [1.82, 2.24) is 24.9 Å². The van der Waals surface area contributed by atoms with Gasteiger partial charge in [0.1, 0.15) is 29.7 Å². The van der Waals surface area contributed by atoms with Gasteiger partial charge in [-0.25, -0.2) is 19.9 Å². The molecule has 0 unspecified atom stereocenters. The van der Waals surface area contributed by atoms with Crippen molar-refractivity contribution in [3.63, 3.8) is 0 Å². The van der Waals surface area contributed by atoms with Crippen LogP contribution in [0.5, 0.6) is 5.75 Å². The van der Waals surface area contributed by atoms with Gasteiger partial charge in [0.25, 0.3) is 0 Å². The van der Waals surface area contributed by atoms with E-state index in [9.17, 15) is 4.79 Å². The van der Waals surface area contributed by atoms with Crippen LogP contribution in [0.15, 0.2) is 30.7 Å². The lowest BCUT2D eigenvalue weighted by molar-refractivity contribution is -0.114. The number of fused-ring (bicyclic) bond motifs is 1. The monoisotopic (exact) mass is 435 g/mol. The second kappa shape index (κ2) is 9.65. The average molecular weight is 435 g/mol. The molecule has 2 N–H and O–H groups in total. The van der Waals surface area contributed by atoms with E-state index in [0.717, 1.165) is 36.3 Å². The fourth-order valence-electron chi connectivity index (χ4n) is 3.58. The second-order valence-corrected chi connectivity index (χ2v) is 7.52. The summed E-state index contributed by atoms with van der Waals surface area (Å²) in [6.45, 7) is 2.03. The van der Waals surface area contributed by atoms with E-state index in [0.29, 0.717) is 28.8 Å². The Morgan fingerprint density at radius 2 is 2.03 bits per heavy atom. The van der Waals surface area contributed by atoms with Gasteiger partial charge in [-0.2, -0.15) is 0 Å².